The summed E-state index contributed by atoms with van der Waals surface area (Å²) in [5.74, 6) is 0. The SMILES string of the molecule is N#Cc1c(-n2c3ccccc3c3ccccc32)c(-n2c3ccccc3c3ccccc32)c(C#N)c(-n2c3ccc(-c4cccc5oc6ccccc6c45)cc3c3ccc4c5ccccc5oc4c32)c1-n1c2ccccc2c2ccccc21. The number of aromatic nitrogens is 4. The molecule has 8 heteroatoms. The van der Waals surface area contributed by atoms with Gasteiger partial charge in [-0.25, -0.2) is 0 Å². The van der Waals surface area contributed by atoms with Crippen LogP contribution in [0.25, 0.3) is 165 Å². The normalized spacial score (nSPS) is 12.1. The number of nitrogens with zero attached hydrogens (tertiary/aromatic N) is 6. The standard InChI is InChI=1S/C74H40N6O2/c75-41-56-69(77-58-27-9-1-18-45(58)46-19-2-10-28-59(46)77)70(78-60-29-11-3-20-47(60)48-21-4-12-30-61(48)78)57(42-76)72(71(56)79-62-31-13-5-22-49(62)50-23-6-14-32-63(50)79)80-64-39-36-43(44-26-17-35-67-68(44)54-25-8-16-34-66(54)81-67)40-55(64)52-37-38-53-51-24-7-15-33-65(51)82-74(53)73(52)80/h1-40H. The van der Waals surface area contributed by atoms with E-state index in [1.165, 1.54) is 0 Å². The van der Waals surface area contributed by atoms with Crippen LogP contribution in [0.15, 0.2) is 251 Å². The van der Waals surface area contributed by atoms with E-state index < -0.39 is 0 Å². The molecule has 0 aliphatic rings. The maximum Gasteiger partial charge on any atom is 0.160 e. The van der Waals surface area contributed by atoms with Crippen molar-refractivity contribution >= 4 is 131 Å². The summed E-state index contributed by atoms with van der Waals surface area (Å²) < 4.78 is 22.6. The average molecular weight is 1050 g/mol. The van der Waals surface area contributed by atoms with E-state index in [4.69, 9.17) is 8.83 Å². The highest BCUT2D eigenvalue weighted by Gasteiger charge is 2.35. The van der Waals surface area contributed by atoms with Crippen molar-refractivity contribution in [1.82, 2.24) is 18.3 Å². The molecule has 0 radical (unpaired) electrons. The number of hydrogen-bond donors (Lipinski definition) is 0. The molecule has 0 spiro atoms. The summed E-state index contributed by atoms with van der Waals surface area (Å²) in [5.41, 5.74) is 15.1. The molecule has 378 valence electrons. The van der Waals surface area contributed by atoms with Crippen LogP contribution in [0.5, 0.6) is 0 Å². The molecule has 0 atom stereocenters. The van der Waals surface area contributed by atoms with Crippen LogP contribution in [-0.4, -0.2) is 18.3 Å². The quantitative estimate of drug-likeness (QED) is 0.172. The summed E-state index contributed by atoms with van der Waals surface area (Å²) in [6, 6.07) is 89.9. The van der Waals surface area contributed by atoms with E-state index in [0.29, 0.717) is 39.5 Å². The monoisotopic (exact) mass is 1040 g/mol. The summed E-state index contributed by atoms with van der Waals surface area (Å²) in [7, 11) is 0. The molecule has 12 aromatic carbocycles. The molecule has 0 saturated carbocycles. The van der Waals surface area contributed by atoms with Gasteiger partial charge in [-0.3, -0.25) is 0 Å². The average Bonchev–Trinajstić information content (AvgIpc) is 2.10. The first-order chi connectivity index (χ1) is 40.7. The Hall–Kier alpha value is -11.6. The zero-order valence-electron chi connectivity index (χ0n) is 43.6. The van der Waals surface area contributed by atoms with Crippen molar-refractivity contribution in [3.05, 3.63) is 254 Å². The number of furan rings is 2. The molecule has 0 N–H and O–H groups in total. The minimum Gasteiger partial charge on any atom is -0.456 e. The van der Waals surface area contributed by atoms with E-state index in [9.17, 15) is 10.5 Å². The number of fused-ring (bicyclic) bond motifs is 19. The molecular formula is C74H40N6O2. The molecule has 8 nitrogen and oxygen atoms in total. The zero-order valence-corrected chi connectivity index (χ0v) is 43.6. The van der Waals surface area contributed by atoms with E-state index in [0.717, 1.165) is 137 Å². The second-order valence-electron chi connectivity index (χ2n) is 21.3. The van der Waals surface area contributed by atoms with Gasteiger partial charge in [0.2, 0.25) is 0 Å². The second-order valence-corrected chi connectivity index (χ2v) is 21.3. The van der Waals surface area contributed by atoms with Crippen molar-refractivity contribution in [2.75, 3.05) is 0 Å². The highest BCUT2D eigenvalue weighted by atomic mass is 16.3. The van der Waals surface area contributed by atoms with Gasteiger partial charge in [-0.2, -0.15) is 10.5 Å². The number of nitriles is 2. The second kappa shape index (κ2) is 16.5. The number of hydrogen-bond acceptors (Lipinski definition) is 4. The Morgan fingerprint density at radius 3 is 1.13 bits per heavy atom. The lowest BCUT2D eigenvalue weighted by Gasteiger charge is -2.27. The molecule has 0 bridgehead atoms. The van der Waals surface area contributed by atoms with Gasteiger partial charge in [0.1, 0.15) is 40.0 Å². The minimum absolute atomic E-state index is 0.366. The van der Waals surface area contributed by atoms with Crippen LogP contribution in [0.2, 0.25) is 0 Å². The van der Waals surface area contributed by atoms with Crippen molar-refractivity contribution in [2.24, 2.45) is 0 Å². The topological polar surface area (TPSA) is 93.6 Å². The van der Waals surface area contributed by atoms with Gasteiger partial charge in [0.15, 0.2) is 5.58 Å². The van der Waals surface area contributed by atoms with Crippen LogP contribution in [0.4, 0.5) is 0 Å². The first kappa shape index (κ1) is 44.4. The lowest BCUT2D eigenvalue weighted by atomic mass is 9.97. The van der Waals surface area contributed by atoms with Crippen LogP contribution >= 0.6 is 0 Å². The van der Waals surface area contributed by atoms with Crippen molar-refractivity contribution in [3.63, 3.8) is 0 Å². The predicted octanol–water partition coefficient (Wildman–Crippen LogP) is 19.3. The molecule has 0 saturated heterocycles. The number of benzene rings is 12. The van der Waals surface area contributed by atoms with Crippen molar-refractivity contribution in [2.45, 2.75) is 0 Å². The largest absolute Gasteiger partial charge is 0.456 e. The molecular weight excluding hydrogens is 1000 g/mol. The Labute approximate surface area is 466 Å². The van der Waals surface area contributed by atoms with Crippen molar-refractivity contribution in [1.29, 1.82) is 10.5 Å². The first-order valence-corrected chi connectivity index (χ1v) is 27.5. The molecule has 0 fully saturated rings. The summed E-state index contributed by atoms with van der Waals surface area (Å²) >= 11 is 0. The minimum atomic E-state index is 0.366. The lowest BCUT2D eigenvalue weighted by molar-refractivity contribution is 0.669. The summed E-state index contributed by atoms with van der Waals surface area (Å²) in [6.45, 7) is 0. The lowest BCUT2D eigenvalue weighted by Crippen LogP contribution is -2.16. The van der Waals surface area contributed by atoms with Gasteiger partial charge in [0, 0.05) is 64.6 Å². The number of rotatable bonds is 5. The van der Waals surface area contributed by atoms with Gasteiger partial charge < -0.3 is 27.1 Å². The Kier molecular flexibility index (Phi) is 8.93. The zero-order chi connectivity index (χ0) is 53.9. The Bertz CT molecular complexity index is 5780. The van der Waals surface area contributed by atoms with Gasteiger partial charge in [-0.05, 0) is 83.9 Å². The van der Waals surface area contributed by atoms with E-state index in [-0.39, 0.29) is 0 Å². The molecule has 6 heterocycles. The molecule has 0 aliphatic carbocycles. The van der Waals surface area contributed by atoms with Crippen LogP contribution in [0.3, 0.4) is 0 Å². The molecule has 18 aromatic rings. The highest BCUT2D eigenvalue weighted by molar-refractivity contribution is 6.24. The van der Waals surface area contributed by atoms with Crippen LogP contribution in [-0.2, 0) is 0 Å². The van der Waals surface area contributed by atoms with E-state index in [1.54, 1.807) is 0 Å². The first-order valence-electron chi connectivity index (χ1n) is 27.5. The molecule has 0 aliphatic heterocycles. The Morgan fingerprint density at radius 1 is 0.280 bits per heavy atom. The maximum absolute atomic E-state index is 12.9. The van der Waals surface area contributed by atoms with E-state index in [1.807, 2.05) is 36.4 Å². The maximum atomic E-state index is 12.9. The molecule has 0 unspecified atom stereocenters. The van der Waals surface area contributed by atoms with Crippen molar-refractivity contribution in [3.8, 4) is 46.0 Å². The van der Waals surface area contributed by atoms with Gasteiger partial charge in [-0.1, -0.05) is 170 Å². The van der Waals surface area contributed by atoms with E-state index in [2.05, 4.69) is 237 Å². The fourth-order valence-corrected chi connectivity index (χ4v) is 14.0. The molecule has 82 heavy (non-hydrogen) atoms. The fourth-order valence-electron chi connectivity index (χ4n) is 14.0. The van der Waals surface area contributed by atoms with Crippen LogP contribution in [0.1, 0.15) is 11.1 Å². The summed E-state index contributed by atoms with van der Waals surface area (Å²) in [4.78, 5) is 0. The summed E-state index contributed by atoms with van der Waals surface area (Å²) in [5, 5.41) is 37.7. The van der Waals surface area contributed by atoms with Gasteiger partial charge in [0.05, 0.1) is 66.9 Å². The third-order valence-electron chi connectivity index (χ3n) is 17.2. The Morgan fingerprint density at radius 2 is 0.659 bits per heavy atom. The van der Waals surface area contributed by atoms with Gasteiger partial charge >= 0.3 is 0 Å². The molecule has 18 rings (SSSR count). The molecule has 0 amide bonds. The smallest absolute Gasteiger partial charge is 0.160 e. The van der Waals surface area contributed by atoms with Crippen LogP contribution < -0.4 is 0 Å². The third-order valence-corrected chi connectivity index (χ3v) is 17.2. The highest BCUT2D eigenvalue weighted by Crippen LogP contribution is 2.51. The fraction of sp³-hybridized carbons (Fsp3) is 0. The van der Waals surface area contributed by atoms with E-state index >= 15 is 0 Å². The number of para-hydroxylation sites is 8. The van der Waals surface area contributed by atoms with Crippen molar-refractivity contribution < 1.29 is 8.83 Å². The van der Waals surface area contributed by atoms with Crippen LogP contribution in [0, 0.1) is 22.7 Å². The molecule has 6 aromatic heterocycles. The van der Waals surface area contributed by atoms with Gasteiger partial charge in [0.25, 0.3) is 0 Å². The predicted molar refractivity (Wildman–Crippen MR) is 333 cm³/mol. The Balaban J connectivity index is 1.12. The van der Waals surface area contributed by atoms with Gasteiger partial charge in [-0.15, -0.1) is 0 Å². The third kappa shape index (κ3) is 5.76. The summed E-state index contributed by atoms with van der Waals surface area (Å²) in [6.07, 6.45) is 0.